The lowest BCUT2D eigenvalue weighted by molar-refractivity contribution is 0.584. The Morgan fingerprint density at radius 3 is 2.53 bits per heavy atom. The first-order valence-corrected chi connectivity index (χ1v) is 6.85. The van der Waals surface area contributed by atoms with Crippen molar-refractivity contribution in [2.24, 2.45) is 0 Å². The van der Waals surface area contributed by atoms with Crippen LogP contribution < -0.4 is 10.2 Å². The van der Waals surface area contributed by atoms with E-state index in [-0.39, 0.29) is 0 Å². The van der Waals surface area contributed by atoms with Crippen LogP contribution in [-0.4, -0.2) is 31.2 Å². The Kier molecular flexibility index (Phi) is 3.27. The molecule has 0 unspecified atom stereocenters. The minimum atomic E-state index is 0.777. The monoisotopic (exact) mass is 231 g/mol. The van der Waals surface area contributed by atoms with E-state index in [1.807, 2.05) is 0 Å². The Morgan fingerprint density at radius 2 is 1.88 bits per heavy atom. The van der Waals surface area contributed by atoms with Gasteiger partial charge in [-0.3, -0.25) is 0 Å². The van der Waals surface area contributed by atoms with Gasteiger partial charge < -0.3 is 10.2 Å². The average Bonchev–Trinajstić information content (AvgIpc) is 2.94. The highest BCUT2D eigenvalue weighted by Crippen LogP contribution is 2.34. The lowest BCUT2D eigenvalue weighted by Crippen LogP contribution is -2.43. The summed E-state index contributed by atoms with van der Waals surface area (Å²) >= 11 is 0. The van der Waals surface area contributed by atoms with Gasteiger partial charge in [0.25, 0.3) is 0 Å². The summed E-state index contributed by atoms with van der Waals surface area (Å²) in [6.45, 7) is 4.31. The molecule has 0 bridgehead atoms. The highest BCUT2D eigenvalue weighted by molar-refractivity contribution is 5.40. The molecule has 3 nitrogen and oxygen atoms in total. The minimum absolute atomic E-state index is 0.777. The zero-order valence-corrected chi connectivity index (χ0v) is 10.4. The molecule has 3 heteroatoms. The van der Waals surface area contributed by atoms with Crippen molar-refractivity contribution in [3.63, 3.8) is 0 Å². The van der Waals surface area contributed by atoms with Crippen LogP contribution in [0.1, 0.15) is 37.2 Å². The summed E-state index contributed by atoms with van der Waals surface area (Å²) in [5.41, 5.74) is 1.45. The summed E-state index contributed by atoms with van der Waals surface area (Å²) in [4.78, 5) is 7.02. The van der Waals surface area contributed by atoms with E-state index in [4.69, 9.17) is 0 Å². The van der Waals surface area contributed by atoms with E-state index in [1.54, 1.807) is 0 Å². The van der Waals surface area contributed by atoms with Gasteiger partial charge >= 0.3 is 0 Å². The molecule has 0 amide bonds. The smallest absolute Gasteiger partial charge is 0.128 e. The van der Waals surface area contributed by atoms with E-state index >= 15 is 0 Å². The highest BCUT2D eigenvalue weighted by Gasteiger charge is 2.18. The van der Waals surface area contributed by atoms with Crippen molar-refractivity contribution in [3.8, 4) is 0 Å². The van der Waals surface area contributed by atoms with Gasteiger partial charge in [0.2, 0.25) is 0 Å². The summed E-state index contributed by atoms with van der Waals surface area (Å²) in [6, 6.07) is 4.50. The number of rotatable bonds is 2. The van der Waals surface area contributed by atoms with Crippen molar-refractivity contribution >= 4 is 5.82 Å². The lowest BCUT2D eigenvalue weighted by Gasteiger charge is -2.28. The fraction of sp³-hybridized carbons (Fsp3) is 0.643. The predicted molar refractivity (Wildman–Crippen MR) is 70.5 cm³/mol. The molecule has 2 heterocycles. The molecule has 0 aromatic carbocycles. The van der Waals surface area contributed by atoms with Gasteiger partial charge in [0.1, 0.15) is 5.82 Å². The maximum atomic E-state index is 4.65. The first-order chi connectivity index (χ1) is 8.43. The molecule has 0 spiro atoms. The molecule has 1 aromatic heterocycles. The van der Waals surface area contributed by atoms with Crippen LogP contribution in [0.25, 0.3) is 0 Å². The van der Waals surface area contributed by atoms with Crippen molar-refractivity contribution < 1.29 is 0 Å². The summed E-state index contributed by atoms with van der Waals surface area (Å²) in [6.07, 6.45) is 7.60. The number of nitrogens with zero attached hydrogens (tertiary/aromatic N) is 2. The van der Waals surface area contributed by atoms with Crippen LogP contribution in [0.4, 0.5) is 5.82 Å². The maximum Gasteiger partial charge on any atom is 0.128 e. The number of pyridine rings is 1. The molecule has 1 aliphatic carbocycles. The summed E-state index contributed by atoms with van der Waals surface area (Å²) in [5.74, 6) is 1.92. The summed E-state index contributed by atoms with van der Waals surface area (Å²) in [7, 11) is 0. The Balaban J connectivity index is 1.70. The molecule has 3 rings (SSSR count). The molecule has 0 atom stereocenters. The SMILES string of the molecule is c1cc(N2CCNCC2)ncc1C1CCCC1. The van der Waals surface area contributed by atoms with Crippen molar-refractivity contribution in [1.29, 1.82) is 0 Å². The number of aromatic nitrogens is 1. The van der Waals surface area contributed by atoms with Crippen LogP contribution in [0.5, 0.6) is 0 Å². The average molecular weight is 231 g/mol. The van der Waals surface area contributed by atoms with Crippen LogP contribution >= 0.6 is 0 Å². The summed E-state index contributed by atoms with van der Waals surface area (Å²) in [5, 5.41) is 3.37. The molecule has 1 aliphatic heterocycles. The Morgan fingerprint density at radius 1 is 1.12 bits per heavy atom. The van der Waals surface area contributed by atoms with Gasteiger partial charge in [-0.05, 0) is 30.4 Å². The van der Waals surface area contributed by atoms with Gasteiger partial charge in [-0.2, -0.15) is 0 Å². The predicted octanol–water partition coefficient (Wildman–Crippen LogP) is 2.15. The fourth-order valence-electron chi connectivity index (χ4n) is 2.98. The van der Waals surface area contributed by atoms with Gasteiger partial charge in [-0.15, -0.1) is 0 Å². The Hall–Kier alpha value is -1.09. The molecule has 2 aliphatic rings. The quantitative estimate of drug-likeness (QED) is 0.845. The maximum absolute atomic E-state index is 4.65. The molecule has 1 N–H and O–H groups in total. The number of nitrogens with one attached hydrogen (secondary N) is 1. The van der Waals surface area contributed by atoms with Gasteiger partial charge in [-0.25, -0.2) is 4.98 Å². The van der Waals surface area contributed by atoms with E-state index in [2.05, 4.69) is 33.5 Å². The fourth-order valence-corrected chi connectivity index (χ4v) is 2.98. The molecule has 92 valence electrons. The standard InChI is InChI=1S/C14H21N3/c1-2-4-12(3-1)13-5-6-14(16-11-13)17-9-7-15-8-10-17/h5-6,11-12,15H,1-4,7-10H2. The van der Waals surface area contributed by atoms with Crippen LogP contribution in [0.3, 0.4) is 0 Å². The number of hydrogen-bond acceptors (Lipinski definition) is 3. The third kappa shape index (κ3) is 2.44. The highest BCUT2D eigenvalue weighted by atomic mass is 15.2. The zero-order chi connectivity index (χ0) is 11.5. The molecular formula is C14H21N3. The molecule has 1 aromatic rings. The second-order valence-electron chi connectivity index (χ2n) is 5.17. The van der Waals surface area contributed by atoms with Crippen LogP contribution in [0, 0.1) is 0 Å². The van der Waals surface area contributed by atoms with Crippen molar-refractivity contribution in [3.05, 3.63) is 23.9 Å². The van der Waals surface area contributed by atoms with Crippen LogP contribution in [0.15, 0.2) is 18.3 Å². The number of hydrogen-bond donors (Lipinski definition) is 1. The molecule has 0 radical (unpaired) electrons. The third-order valence-corrected chi connectivity index (χ3v) is 4.04. The largest absolute Gasteiger partial charge is 0.354 e. The van der Waals surface area contributed by atoms with Gasteiger partial charge in [0.05, 0.1) is 0 Å². The normalized spacial score (nSPS) is 22.0. The minimum Gasteiger partial charge on any atom is -0.354 e. The second kappa shape index (κ2) is 5.05. The van der Waals surface area contributed by atoms with E-state index in [1.165, 1.54) is 31.2 Å². The first-order valence-electron chi connectivity index (χ1n) is 6.85. The zero-order valence-electron chi connectivity index (χ0n) is 10.4. The lowest BCUT2D eigenvalue weighted by atomic mass is 10.00. The van der Waals surface area contributed by atoms with Gasteiger partial charge in [-0.1, -0.05) is 18.9 Å². The molecule has 1 saturated heterocycles. The Labute approximate surface area is 103 Å². The molecule has 17 heavy (non-hydrogen) atoms. The van der Waals surface area contributed by atoms with E-state index in [9.17, 15) is 0 Å². The Bertz CT molecular complexity index is 348. The molecule has 2 fully saturated rings. The number of anilines is 1. The van der Waals surface area contributed by atoms with E-state index < -0.39 is 0 Å². The van der Waals surface area contributed by atoms with Crippen molar-refractivity contribution in [2.75, 3.05) is 31.1 Å². The molecule has 1 saturated carbocycles. The van der Waals surface area contributed by atoms with Crippen molar-refractivity contribution in [2.45, 2.75) is 31.6 Å². The second-order valence-corrected chi connectivity index (χ2v) is 5.17. The van der Waals surface area contributed by atoms with E-state index in [0.29, 0.717) is 0 Å². The van der Waals surface area contributed by atoms with Gasteiger partial charge in [0, 0.05) is 32.4 Å². The topological polar surface area (TPSA) is 28.2 Å². The number of piperazine rings is 1. The first kappa shape index (κ1) is 11.0. The van der Waals surface area contributed by atoms with E-state index in [0.717, 1.165) is 37.9 Å². The van der Waals surface area contributed by atoms with Crippen molar-refractivity contribution in [1.82, 2.24) is 10.3 Å². The molecular weight excluding hydrogens is 210 g/mol. The third-order valence-electron chi connectivity index (χ3n) is 4.04. The van der Waals surface area contributed by atoms with Crippen LogP contribution in [-0.2, 0) is 0 Å². The summed E-state index contributed by atoms with van der Waals surface area (Å²) < 4.78 is 0. The van der Waals surface area contributed by atoms with Gasteiger partial charge in [0.15, 0.2) is 0 Å². The van der Waals surface area contributed by atoms with Crippen LogP contribution in [0.2, 0.25) is 0 Å².